The molecule has 4 aromatic heterocycles. The van der Waals surface area contributed by atoms with Crippen LogP contribution in [0.3, 0.4) is 0 Å². The molecule has 0 saturated heterocycles. The predicted octanol–water partition coefficient (Wildman–Crippen LogP) is 9.65. The van der Waals surface area contributed by atoms with Crippen molar-refractivity contribution in [3.8, 4) is 39.5 Å². The van der Waals surface area contributed by atoms with E-state index in [1.807, 2.05) is 18.3 Å². The highest BCUT2D eigenvalue weighted by atomic mass is 15.1. The van der Waals surface area contributed by atoms with Crippen LogP contribution in [0.1, 0.15) is 58.4 Å². The van der Waals surface area contributed by atoms with E-state index in [9.17, 15) is 0 Å². The van der Waals surface area contributed by atoms with Gasteiger partial charge in [-0.3, -0.25) is 9.55 Å². The Morgan fingerprint density at radius 1 is 0.634 bits per heavy atom. The lowest BCUT2D eigenvalue weighted by atomic mass is 9.78. The number of pyridine rings is 2. The number of hydrogen-bond acceptors (Lipinski definition) is 2. The number of fused-ring (bicyclic) bond motifs is 1. The van der Waals surface area contributed by atoms with E-state index in [4.69, 9.17) is 9.97 Å². The van der Waals surface area contributed by atoms with Crippen molar-refractivity contribution in [2.24, 2.45) is 0 Å². The molecule has 0 amide bonds. The fraction of sp³-hybridized carbons (Fsp3) is 0.243. The van der Waals surface area contributed by atoms with Gasteiger partial charge in [0.05, 0.1) is 11.4 Å². The Morgan fingerprint density at radius 3 is 1.90 bits per heavy atom. The number of hydrogen-bond donors (Lipinski definition) is 1. The lowest BCUT2D eigenvalue weighted by Crippen LogP contribution is -2.16. The second-order valence-electron chi connectivity index (χ2n) is 13.1. The van der Waals surface area contributed by atoms with Crippen LogP contribution in [0.2, 0.25) is 0 Å². The number of rotatable bonds is 4. The SMILES string of the molecule is Cc1ccc(-n2ccc3ccc(-c4cc(-c5cc(C(C)(C)C)cc(C(C)(C)C)c5)cc(-c5ccccn5)c4)nc32)[nH]1. The number of nitrogens with one attached hydrogen (secondary N) is 1. The predicted molar refractivity (Wildman–Crippen MR) is 172 cm³/mol. The fourth-order valence-corrected chi connectivity index (χ4v) is 5.28. The summed E-state index contributed by atoms with van der Waals surface area (Å²) in [6, 6.07) is 30.5. The lowest BCUT2D eigenvalue weighted by Gasteiger charge is -2.26. The van der Waals surface area contributed by atoms with Gasteiger partial charge in [-0.1, -0.05) is 65.8 Å². The molecule has 4 nitrogen and oxygen atoms in total. The zero-order chi connectivity index (χ0) is 28.9. The molecule has 0 unspecified atom stereocenters. The van der Waals surface area contributed by atoms with Crippen molar-refractivity contribution in [3.63, 3.8) is 0 Å². The molecular weight excluding hydrogens is 500 g/mol. The first kappa shape index (κ1) is 26.8. The van der Waals surface area contributed by atoms with Gasteiger partial charge in [-0.25, -0.2) is 4.98 Å². The molecule has 4 heteroatoms. The van der Waals surface area contributed by atoms with Crippen molar-refractivity contribution in [2.45, 2.75) is 59.3 Å². The summed E-state index contributed by atoms with van der Waals surface area (Å²) < 4.78 is 2.12. The van der Waals surface area contributed by atoms with Gasteiger partial charge in [0.2, 0.25) is 0 Å². The van der Waals surface area contributed by atoms with E-state index in [0.717, 1.165) is 50.6 Å². The number of nitrogens with zero attached hydrogens (tertiary/aromatic N) is 3. The summed E-state index contributed by atoms with van der Waals surface area (Å²) in [6.07, 6.45) is 3.93. The van der Waals surface area contributed by atoms with Gasteiger partial charge in [-0.05, 0) is 101 Å². The van der Waals surface area contributed by atoms with Gasteiger partial charge < -0.3 is 4.98 Å². The summed E-state index contributed by atoms with van der Waals surface area (Å²) in [7, 11) is 0. The van der Waals surface area contributed by atoms with Crippen LogP contribution in [0.25, 0.3) is 50.5 Å². The summed E-state index contributed by atoms with van der Waals surface area (Å²) in [4.78, 5) is 13.3. The number of aryl methyl sites for hydroxylation is 1. The number of aromatic nitrogens is 4. The minimum Gasteiger partial charge on any atom is -0.345 e. The molecule has 1 N–H and O–H groups in total. The molecule has 0 radical (unpaired) electrons. The topological polar surface area (TPSA) is 46.5 Å². The third-order valence-electron chi connectivity index (χ3n) is 7.80. The summed E-state index contributed by atoms with van der Waals surface area (Å²) in [5.74, 6) is 1.01. The molecule has 0 aliphatic rings. The average Bonchev–Trinajstić information content (AvgIpc) is 3.57. The lowest BCUT2D eigenvalue weighted by molar-refractivity contribution is 0.569. The summed E-state index contributed by atoms with van der Waals surface area (Å²) >= 11 is 0. The Hall–Kier alpha value is -4.44. The molecule has 0 aliphatic heterocycles. The van der Waals surface area contributed by atoms with Gasteiger partial charge in [0.15, 0.2) is 0 Å². The number of benzene rings is 2. The van der Waals surface area contributed by atoms with Crippen LogP contribution in [0.5, 0.6) is 0 Å². The zero-order valence-electron chi connectivity index (χ0n) is 25.1. The highest BCUT2D eigenvalue weighted by Gasteiger charge is 2.21. The van der Waals surface area contributed by atoms with Gasteiger partial charge >= 0.3 is 0 Å². The molecule has 0 bridgehead atoms. The van der Waals surface area contributed by atoms with Crippen molar-refractivity contribution in [1.29, 1.82) is 0 Å². The van der Waals surface area contributed by atoms with E-state index < -0.39 is 0 Å². The first-order valence-corrected chi connectivity index (χ1v) is 14.3. The molecule has 2 aromatic carbocycles. The fourth-order valence-electron chi connectivity index (χ4n) is 5.28. The molecular formula is C37H38N4. The average molecular weight is 539 g/mol. The van der Waals surface area contributed by atoms with Crippen molar-refractivity contribution in [3.05, 3.63) is 114 Å². The van der Waals surface area contributed by atoms with E-state index in [1.54, 1.807) is 0 Å². The second-order valence-corrected chi connectivity index (χ2v) is 13.1. The molecule has 4 heterocycles. The van der Waals surface area contributed by atoms with Gasteiger partial charge in [-0.2, -0.15) is 0 Å². The molecule has 6 rings (SSSR count). The molecule has 0 aliphatic carbocycles. The molecule has 0 spiro atoms. The van der Waals surface area contributed by atoms with Crippen molar-refractivity contribution in [2.75, 3.05) is 0 Å². The monoisotopic (exact) mass is 538 g/mol. The largest absolute Gasteiger partial charge is 0.345 e. The first-order chi connectivity index (χ1) is 19.5. The first-order valence-electron chi connectivity index (χ1n) is 14.3. The summed E-state index contributed by atoms with van der Waals surface area (Å²) in [5.41, 5.74) is 11.2. The third kappa shape index (κ3) is 5.35. The number of aromatic amines is 1. The Balaban J connectivity index is 1.57. The molecule has 41 heavy (non-hydrogen) atoms. The Labute approximate surface area is 243 Å². The second kappa shape index (κ2) is 9.88. The zero-order valence-corrected chi connectivity index (χ0v) is 25.1. The molecule has 206 valence electrons. The van der Waals surface area contributed by atoms with Crippen LogP contribution in [0.4, 0.5) is 0 Å². The summed E-state index contributed by atoms with van der Waals surface area (Å²) in [5, 5.41) is 1.11. The van der Waals surface area contributed by atoms with Crippen LogP contribution in [0, 0.1) is 6.92 Å². The van der Waals surface area contributed by atoms with Crippen molar-refractivity contribution >= 4 is 11.0 Å². The van der Waals surface area contributed by atoms with Gasteiger partial charge in [-0.15, -0.1) is 0 Å². The molecule has 0 fully saturated rings. The minimum absolute atomic E-state index is 0.0333. The van der Waals surface area contributed by atoms with Crippen LogP contribution in [-0.4, -0.2) is 19.5 Å². The van der Waals surface area contributed by atoms with E-state index in [0.29, 0.717) is 0 Å². The smallest absolute Gasteiger partial charge is 0.146 e. The maximum absolute atomic E-state index is 5.20. The Kier molecular flexibility index (Phi) is 6.45. The maximum atomic E-state index is 5.20. The van der Waals surface area contributed by atoms with Crippen molar-refractivity contribution < 1.29 is 0 Å². The molecule has 6 aromatic rings. The number of H-pyrrole nitrogens is 1. The van der Waals surface area contributed by atoms with Crippen molar-refractivity contribution in [1.82, 2.24) is 19.5 Å². The highest BCUT2D eigenvalue weighted by molar-refractivity contribution is 5.84. The normalized spacial score (nSPS) is 12.3. The van der Waals surface area contributed by atoms with Gasteiger partial charge in [0, 0.05) is 34.6 Å². The maximum Gasteiger partial charge on any atom is 0.146 e. The van der Waals surface area contributed by atoms with E-state index >= 15 is 0 Å². The van der Waals surface area contributed by atoms with Gasteiger partial charge in [0.1, 0.15) is 11.5 Å². The standard InChI is InChI=1S/C37H38N4/c1-24-11-14-34(39-24)41-17-15-25-12-13-33(40-35(25)41)29-19-26(18-28(20-29)32-10-8-9-16-38-32)27-21-30(36(2,3)4)23-31(22-27)37(5,6)7/h8-23,39H,1-7H3. The van der Waals surface area contributed by atoms with Crippen LogP contribution < -0.4 is 0 Å². The molecule has 0 saturated carbocycles. The Morgan fingerprint density at radius 2 is 1.29 bits per heavy atom. The van der Waals surface area contributed by atoms with Gasteiger partial charge in [0.25, 0.3) is 0 Å². The Bertz CT molecular complexity index is 1830. The molecule has 0 atom stereocenters. The highest BCUT2D eigenvalue weighted by Crippen LogP contribution is 2.37. The quantitative estimate of drug-likeness (QED) is 0.243. The summed E-state index contributed by atoms with van der Waals surface area (Å²) in [6.45, 7) is 15.8. The van der Waals surface area contributed by atoms with Crippen LogP contribution in [0.15, 0.2) is 97.3 Å². The minimum atomic E-state index is 0.0333. The van der Waals surface area contributed by atoms with Crippen LogP contribution >= 0.6 is 0 Å². The van der Waals surface area contributed by atoms with E-state index in [2.05, 4.69) is 137 Å². The van der Waals surface area contributed by atoms with Crippen LogP contribution in [-0.2, 0) is 10.8 Å². The van der Waals surface area contributed by atoms with E-state index in [-0.39, 0.29) is 10.8 Å². The van der Waals surface area contributed by atoms with E-state index in [1.165, 1.54) is 16.7 Å². The third-order valence-corrected chi connectivity index (χ3v) is 7.80.